The van der Waals surface area contributed by atoms with Gasteiger partial charge in [0, 0.05) is 25.7 Å². The molecule has 1 unspecified atom stereocenters. The molecule has 0 aromatic heterocycles. The minimum Gasteiger partial charge on any atom is -0.491 e. The quantitative estimate of drug-likeness (QED) is 0.141. The lowest BCUT2D eigenvalue weighted by molar-refractivity contribution is 0.106. The highest BCUT2D eigenvalue weighted by Gasteiger charge is 2.11. The van der Waals surface area contributed by atoms with Crippen LogP contribution in [-0.4, -0.2) is 43.4 Å². The lowest BCUT2D eigenvalue weighted by Gasteiger charge is -2.17. The summed E-state index contributed by atoms with van der Waals surface area (Å²) in [6.07, 6.45) is -0.694. The first-order valence-electron chi connectivity index (χ1n) is 11.2. The standard InChI is InChI=1S/C26H32N4O4/c27-26(28)30-14-13-29-16-22(31)19-32-23-11-12-24(33-17-20-7-3-1-4-8-20)25(15-23)34-18-21-9-5-2-6-10-21/h1-12,15,22,29,31H,13-14,16-19H2,(H4,27,28,30). The Morgan fingerprint density at radius 2 is 1.44 bits per heavy atom. The summed E-state index contributed by atoms with van der Waals surface area (Å²) in [4.78, 5) is 0. The molecule has 0 radical (unpaired) electrons. The van der Waals surface area contributed by atoms with Gasteiger partial charge in [-0.2, -0.15) is 0 Å². The topological polar surface area (TPSA) is 122 Å². The maximum atomic E-state index is 10.2. The molecule has 0 aliphatic heterocycles. The number of nitrogens with two attached hydrogens (primary N) is 1. The average molecular weight is 465 g/mol. The van der Waals surface area contributed by atoms with Crippen molar-refractivity contribution in [3.8, 4) is 17.2 Å². The molecule has 0 bridgehead atoms. The van der Waals surface area contributed by atoms with E-state index in [1.807, 2.05) is 66.7 Å². The van der Waals surface area contributed by atoms with Gasteiger partial charge in [-0.3, -0.25) is 5.41 Å². The molecule has 8 heteroatoms. The van der Waals surface area contributed by atoms with Gasteiger partial charge >= 0.3 is 0 Å². The Labute approximate surface area is 200 Å². The van der Waals surface area contributed by atoms with E-state index in [9.17, 15) is 5.11 Å². The predicted molar refractivity (Wildman–Crippen MR) is 132 cm³/mol. The van der Waals surface area contributed by atoms with Gasteiger partial charge in [0.25, 0.3) is 0 Å². The van der Waals surface area contributed by atoms with Crippen LogP contribution in [0.1, 0.15) is 11.1 Å². The van der Waals surface area contributed by atoms with Crippen LogP contribution in [0, 0.1) is 5.41 Å². The highest BCUT2D eigenvalue weighted by Crippen LogP contribution is 2.33. The van der Waals surface area contributed by atoms with Gasteiger partial charge in [-0.25, -0.2) is 0 Å². The summed E-state index contributed by atoms with van der Waals surface area (Å²) in [6, 6.07) is 25.2. The molecule has 8 nitrogen and oxygen atoms in total. The van der Waals surface area contributed by atoms with Crippen molar-refractivity contribution in [2.24, 2.45) is 5.73 Å². The first kappa shape index (κ1) is 24.9. The van der Waals surface area contributed by atoms with Crippen molar-refractivity contribution >= 4 is 5.96 Å². The van der Waals surface area contributed by atoms with Gasteiger partial charge in [-0.15, -0.1) is 0 Å². The number of hydrogen-bond acceptors (Lipinski definition) is 6. The fourth-order valence-electron chi connectivity index (χ4n) is 3.09. The highest BCUT2D eigenvalue weighted by atomic mass is 16.5. The molecule has 3 aromatic carbocycles. The Morgan fingerprint density at radius 3 is 2.06 bits per heavy atom. The second kappa shape index (κ2) is 13.7. The van der Waals surface area contributed by atoms with Crippen LogP contribution < -0.4 is 30.6 Å². The second-order valence-corrected chi connectivity index (χ2v) is 7.67. The largest absolute Gasteiger partial charge is 0.491 e. The summed E-state index contributed by atoms with van der Waals surface area (Å²) in [5, 5.41) is 23.1. The van der Waals surface area contributed by atoms with Crippen molar-refractivity contribution in [1.29, 1.82) is 5.41 Å². The maximum absolute atomic E-state index is 10.2. The van der Waals surface area contributed by atoms with Crippen molar-refractivity contribution in [3.63, 3.8) is 0 Å². The monoisotopic (exact) mass is 464 g/mol. The smallest absolute Gasteiger partial charge is 0.185 e. The van der Waals surface area contributed by atoms with Gasteiger partial charge in [0.05, 0.1) is 0 Å². The Balaban J connectivity index is 1.56. The predicted octanol–water partition coefficient (Wildman–Crippen LogP) is 2.66. The number of rotatable bonds is 14. The van der Waals surface area contributed by atoms with E-state index in [0.717, 1.165) is 11.1 Å². The summed E-state index contributed by atoms with van der Waals surface area (Å²) in [5.41, 5.74) is 7.33. The van der Waals surface area contributed by atoms with Crippen LogP contribution in [0.4, 0.5) is 0 Å². The van der Waals surface area contributed by atoms with E-state index < -0.39 is 6.10 Å². The van der Waals surface area contributed by atoms with Crippen molar-refractivity contribution in [1.82, 2.24) is 10.6 Å². The molecule has 1 atom stereocenters. The van der Waals surface area contributed by atoms with Crippen LogP contribution in [-0.2, 0) is 13.2 Å². The van der Waals surface area contributed by atoms with E-state index in [1.54, 1.807) is 12.1 Å². The van der Waals surface area contributed by atoms with Gasteiger partial charge in [0.2, 0.25) is 0 Å². The van der Waals surface area contributed by atoms with E-state index in [2.05, 4.69) is 10.6 Å². The molecular formula is C26H32N4O4. The molecule has 34 heavy (non-hydrogen) atoms. The zero-order valence-corrected chi connectivity index (χ0v) is 19.1. The summed E-state index contributed by atoms with van der Waals surface area (Å²) < 4.78 is 17.8. The zero-order valence-electron chi connectivity index (χ0n) is 19.1. The number of hydrogen-bond donors (Lipinski definition) is 5. The van der Waals surface area contributed by atoms with E-state index in [4.69, 9.17) is 25.4 Å². The number of benzene rings is 3. The number of aliphatic hydroxyl groups is 1. The number of guanidine groups is 1. The van der Waals surface area contributed by atoms with Gasteiger partial charge in [-0.05, 0) is 23.3 Å². The number of aliphatic hydroxyl groups excluding tert-OH is 1. The molecule has 0 fully saturated rings. The molecule has 0 aliphatic rings. The van der Waals surface area contributed by atoms with Crippen LogP contribution in [0.3, 0.4) is 0 Å². The molecule has 180 valence electrons. The molecule has 0 spiro atoms. The molecule has 3 rings (SSSR count). The molecule has 0 heterocycles. The third kappa shape index (κ3) is 9.01. The van der Waals surface area contributed by atoms with Gasteiger partial charge in [0.15, 0.2) is 17.5 Å². The molecule has 0 aliphatic carbocycles. The van der Waals surface area contributed by atoms with Crippen molar-refractivity contribution < 1.29 is 19.3 Å². The van der Waals surface area contributed by atoms with Gasteiger partial charge < -0.3 is 35.7 Å². The van der Waals surface area contributed by atoms with Crippen molar-refractivity contribution in [2.45, 2.75) is 19.3 Å². The van der Waals surface area contributed by atoms with E-state index in [1.165, 1.54) is 0 Å². The van der Waals surface area contributed by atoms with E-state index >= 15 is 0 Å². The molecule has 3 aromatic rings. The summed E-state index contributed by atoms with van der Waals surface area (Å²) >= 11 is 0. The lowest BCUT2D eigenvalue weighted by Crippen LogP contribution is -2.39. The van der Waals surface area contributed by atoms with Crippen LogP contribution in [0.5, 0.6) is 17.2 Å². The van der Waals surface area contributed by atoms with Crippen molar-refractivity contribution in [3.05, 3.63) is 90.0 Å². The third-order valence-corrected chi connectivity index (χ3v) is 4.83. The van der Waals surface area contributed by atoms with E-state index in [-0.39, 0.29) is 12.6 Å². The van der Waals surface area contributed by atoms with Gasteiger partial charge in [-0.1, -0.05) is 60.7 Å². The SMILES string of the molecule is N=C(N)NCCNCC(O)COc1ccc(OCc2ccccc2)c(OCc2ccccc2)c1. The summed E-state index contributed by atoms with van der Waals surface area (Å²) in [6.45, 7) is 2.38. The first-order valence-corrected chi connectivity index (χ1v) is 11.2. The van der Waals surface area contributed by atoms with Crippen LogP contribution in [0.15, 0.2) is 78.9 Å². The van der Waals surface area contributed by atoms with Crippen LogP contribution in [0.25, 0.3) is 0 Å². The van der Waals surface area contributed by atoms with E-state index in [0.29, 0.717) is 50.1 Å². The Bertz CT molecular complexity index is 1000. The lowest BCUT2D eigenvalue weighted by atomic mass is 10.2. The highest BCUT2D eigenvalue weighted by molar-refractivity contribution is 5.74. The number of nitrogens with one attached hydrogen (secondary N) is 3. The van der Waals surface area contributed by atoms with Crippen molar-refractivity contribution in [2.75, 3.05) is 26.2 Å². The van der Waals surface area contributed by atoms with Crippen LogP contribution in [0.2, 0.25) is 0 Å². The second-order valence-electron chi connectivity index (χ2n) is 7.67. The minimum atomic E-state index is -0.694. The Hall–Kier alpha value is -3.75. The molecule has 0 saturated carbocycles. The molecule has 6 N–H and O–H groups in total. The number of ether oxygens (including phenoxy) is 3. The minimum absolute atomic E-state index is 0.0767. The fourth-order valence-corrected chi connectivity index (χ4v) is 3.09. The molecular weight excluding hydrogens is 432 g/mol. The van der Waals surface area contributed by atoms with Crippen LogP contribution >= 0.6 is 0 Å². The zero-order chi connectivity index (χ0) is 24.0. The first-order chi connectivity index (χ1) is 16.6. The van der Waals surface area contributed by atoms with Gasteiger partial charge in [0.1, 0.15) is 31.7 Å². The normalized spacial score (nSPS) is 11.4. The Kier molecular flexibility index (Phi) is 10.0. The third-order valence-electron chi connectivity index (χ3n) is 4.83. The summed E-state index contributed by atoms with van der Waals surface area (Å²) in [5.74, 6) is 1.69. The maximum Gasteiger partial charge on any atom is 0.185 e. The Morgan fingerprint density at radius 1 is 0.824 bits per heavy atom. The molecule has 0 amide bonds. The fraction of sp³-hybridized carbons (Fsp3) is 0.269. The summed E-state index contributed by atoms with van der Waals surface area (Å²) in [7, 11) is 0. The average Bonchev–Trinajstić information content (AvgIpc) is 2.86. The molecule has 0 saturated heterocycles.